The third-order valence-electron chi connectivity index (χ3n) is 2.98. The highest BCUT2D eigenvalue weighted by Crippen LogP contribution is 2.12. The van der Waals surface area contributed by atoms with Crippen LogP contribution in [0.1, 0.15) is 30.3 Å². The summed E-state index contributed by atoms with van der Waals surface area (Å²) < 4.78 is 0. The minimum absolute atomic E-state index is 0. The number of nitrogens with zero attached hydrogens (tertiary/aromatic N) is 3. The molecule has 1 aromatic heterocycles. The monoisotopic (exact) mass is 306 g/mol. The maximum atomic E-state index is 12.3. The quantitative estimate of drug-likeness (QED) is 0.916. The van der Waals surface area contributed by atoms with Crippen LogP contribution >= 0.6 is 24.8 Å². The predicted octanol–water partition coefficient (Wildman–Crippen LogP) is 1.53. The van der Waals surface area contributed by atoms with Gasteiger partial charge in [-0.15, -0.1) is 24.8 Å². The first kappa shape index (κ1) is 18.1. The highest BCUT2D eigenvalue weighted by Gasteiger charge is 2.27. The van der Waals surface area contributed by atoms with Crippen molar-refractivity contribution in [3.63, 3.8) is 0 Å². The molecule has 1 aliphatic rings. The molecule has 1 unspecified atom stereocenters. The molecule has 1 aromatic rings. The molecule has 1 fully saturated rings. The molecule has 0 saturated carbocycles. The van der Waals surface area contributed by atoms with E-state index in [1.807, 2.05) is 4.90 Å². The van der Waals surface area contributed by atoms with Gasteiger partial charge in [0.25, 0.3) is 5.91 Å². The van der Waals surface area contributed by atoms with Crippen molar-refractivity contribution in [3.05, 3.63) is 24.3 Å². The molecule has 1 atom stereocenters. The van der Waals surface area contributed by atoms with Crippen molar-refractivity contribution in [2.45, 2.75) is 25.8 Å². The van der Waals surface area contributed by atoms with Gasteiger partial charge in [0.05, 0.1) is 6.20 Å². The highest BCUT2D eigenvalue weighted by atomic mass is 35.5. The Balaban J connectivity index is 0.00000162. The molecule has 108 valence electrons. The zero-order chi connectivity index (χ0) is 12.1. The zero-order valence-corrected chi connectivity index (χ0v) is 12.5. The van der Waals surface area contributed by atoms with Gasteiger partial charge in [0.15, 0.2) is 0 Å². The van der Waals surface area contributed by atoms with E-state index in [0.717, 1.165) is 32.5 Å². The first-order valence-electron chi connectivity index (χ1n) is 6.10. The molecule has 0 aliphatic carbocycles. The average molecular weight is 307 g/mol. The van der Waals surface area contributed by atoms with Crippen LogP contribution in [0.25, 0.3) is 0 Å². The first-order valence-corrected chi connectivity index (χ1v) is 6.10. The molecule has 0 spiro atoms. The van der Waals surface area contributed by atoms with Crippen molar-refractivity contribution in [1.29, 1.82) is 0 Å². The van der Waals surface area contributed by atoms with Crippen LogP contribution in [0, 0.1) is 0 Å². The molecule has 19 heavy (non-hydrogen) atoms. The molecular weight excluding hydrogens is 287 g/mol. The number of carbonyl (C=O) groups excluding carboxylic acids is 1. The number of halogens is 2. The summed E-state index contributed by atoms with van der Waals surface area (Å²) >= 11 is 0. The lowest BCUT2D eigenvalue weighted by Gasteiger charge is -2.27. The van der Waals surface area contributed by atoms with Crippen LogP contribution < -0.4 is 5.32 Å². The van der Waals surface area contributed by atoms with Gasteiger partial charge in [0, 0.05) is 31.5 Å². The van der Waals surface area contributed by atoms with Gasteiger partial charge in [-0.25, -0.2) is 4.98 Å². The summed E-state index contributed by atoms with van der Waals surface area (Å²) in [6.07, 6.45) is 6.66. The standard InChI is InChI=1S/C12H18N4O.2ClH/c1-2-7-16(10-3-4-13-8-10)12(17)11-9-14-5-6-15-11;;/h5-6,9-10,13H,2-4,7-8H2,1H3;2*1H. The van der Waals surface area contributed by atoms with Crippen LogP contribution in [0.4, 0.5) is 0 Å². The van der Waals surface area contributed by atoms with Crippen molar-refractivity contribution in [3.8, 4) is 0 Å². The van der Waals surface area contributed by atoms with E-state index >= 15 is 0 Å². The molecule has 0 bridgehead atoms. The minimum Gasteiger partial charge on any atom is -0.333 e. The minimum atomic E-state index is -0.00588. The second-order valence-electron chi connectivity index (χ2n) is 4.24. The van der Waals surface area contributed by atoms with Crippen molar-refractivity contribution >= 4 is 30.7 Å². The summed E-state index contributed by atoms with van der Waals surface area (Å²) in [5, 5.41) is 3.29. The molecular formula is C12H20Cl2N4O. The topological polar surface area (TPSA) is 58.1 Å². The second kappa shape index (κ2) is 9.07. The SMILES string of the molecule is CCCN(C(=O)c1cnccn1)C1CCNC1.Cl.Cl. The fourth-order valence-corrected chi connectivity index (χ4v) is 2.15. The van der Waals surface area contributed by atoms with Crippen LogP contribution in [-0.2, 0) is 0 Å². The van der Waals surface area contributed by atoms with E-state index in [1.165, 1.54) is 6.20 Å². The van der Waals surface area contributed by atoms with Crippen LogP contribution in [0.2, 0.25) is 0 Å². The second-order valence-corrected chi connectivity index (χ2v) is 4.24. The molecule has 5 nitrogen and oxygen atoms in total. The van der Waals surface area contributed by atoms with Gasteiger partial charge in [0.2, 0.25) is 0 Å². The van der Waals surface area contributed by atoms with Gasteiger partial charge in [-0.3, -0.25) is 9.78 Å². The summed E-state index contributed by atoms with van der Waals surface area (Å²) in [6, 6.07) is 0.296. The molecule has 7 heteroatoms. The lowest BCUT2D eigenvalue weighted by molar-refractivity contribution is 0.0685. The largest absolute Gasteiger partial charge is 0.333 e. The zero-order valence-electron chi connectivity index (χ0n) is 10.9. The van der Waals surface area contributed by atoms with Crippen LogP contribution in [0.3, 0.4) is 0 Å². The number of hydrogen-bond acceptors (Lipinski definition) is 4. The van der Waals surface area contributed by atoms with Crippen molar-refractivity contribution in [2.24, 2.45) is 0 Å². The summed E-state index contributed by atoms with van der Waals surface area (Å²) in [7, 11) is 0. The molecule has 2 heterocycles. The van der Waals surface area contributed by atoms with Gasteiger partial charge in [-0.2, -0.15) is 0 Å². The molecule has 0 radical (unpaired) electrons. The van der Waals surface area contributed by atoms with E-state index in [0.29, 0.717) is 11.7 Å². The summed E-state index contributed by atoms with van der Waals surface area (Å²) in [6.45, 7) is 4.73. The number of rotatable bonds is 4. The number of amides is 1. The fraction of sp³-hybridized carbons (Fsp3) is 0.583. The van der Waals surface area contributed by atoms with Crippen LogP contribution in [0.15, 0.2) is 18.6 Å². The van der Waals surface area contributed by atoms with Gasteiger partial charge < -0.3 is 10.2 Å². The molecule has 1 amide bonds. The number of hydrogen-bond donors (Lipinski definition) is 1. The molecule has 2 rings (SSSR count). The van der Waals surface area contributed by atoms with E-state index in [4.69, 9.17) is 0 Å². The highest BCUT2D eigenvalue weighted by molar-refractivity contribution is 5.92. The van der Waals surface area contributed by atoms with E-state index in [2.05, 4.69) is 22.2 Å². The van der Waals surface area contributed by atoms with Crippen molar-refractivity contribution in [2.75, 3.05) is 19.6 Å². The third kappa shape index (κ3) is 4.60. The number of nitrogens with one attached hydrogen (secondary N) is 1. The smallest absolute Gasteiger partial charge is 0.274 e. The van der Waals surface area contributed by atoms with Crippen molar-refractivity contribution in [1.82, 2.24) is 20.2 Å². The molecule has 1 saturated heterocycles. The summed E-state index contributed by atoms with van der Waals surface area (Å²) in [5.41, 5.74) is 0.438. The predicted molar refractivity (Wildman–Crippen MR) is 79.1 cm³/mol. The lowest BCUT2D eigenvalue weighted by atomic mass is 10.2. The Kier molecular flexibility index (Phi) is 8.63. The van der Waals surface area contributed by atoms with Gasteiger partial charge >= 0.3 is 0 Å². The maximum Gasteiger partial charge on any atom is 0.274 e. The first-order chi connectivity index (χ1) is 8.33. The number of aromatic nitrogens is 2. The Labute approximate surface area is 126 Å². The lowest BCUT2D eigenvalue weighted by Crippen LogP contribution is -2.42. The Morgan fingerprint density at radius 3 is 2.79 bits per heavy atom. The Bertz CT molecular complexity index is 371. The van der Waals surface area contributed by atoms with Crippen LogP contribution in [0.5, 0.6) is 0 Å². The van der Waals surface area contributed by atoms with E-state index in [9.17, 15) is 4.79 Å². The molecule has 1 aliphatic heterocycles. The molecule has 1 N–H and O–H groups in total. The fourth-order valence-electron chi connectivity index (χ4n) is 2.15. The molecule has 0 aromatic carbocycles. The Morgan fingerprint density at radius 1 is 1.47 bits per heavy atom. The van der Waals surface area contributed by atoms with Gasteiger partial charge in [-0.05, 0) is 19.4 Å². The average Bonchev–Trinajstić information content (AvgIpc) is 2.90. The van der Waals surface area contributed by atoms with E-state index in [-0.39, 0.29) is 30.7 Å². The third-order valence-corrected chi connectivity index (χ3v) is 2.98. The number of carbonyl (C=O) groups is 1. The van der Waals surface area contributed by atoms with E-state index in [1.54, 1.807) is 12.4 Å². The Hall–Kier alpha value is -0.910. The summed E-state index contributed by atoms with van der Waals surface area (Å²) in [5.74, 6) is -0.00588. The van der Waals surface area contributed by atoms with Gasteiger partial charge in [-0.1, -0.05) is 6.92 Å². The maximum absolute atomic E-state index is 12.3. The van der Waals surface area contributed by atoms with Crippen LogP contribution in [-0.4, -0.2) is 46.5 Å². The summed E-state index contributed by atoms with van der Waals surface area (Å²) in [4.78, 5) is 22.3. The Morgan fingerprint density at radius 2 is 2.26 bits per heavy atom. The van der Waals surface area contributed by atoms with E-state index < -0.39 is 0 Å². The van der Waals surface area contributed by atoms with Crippen molar-refractivity contribution < 1.29 is 4.79 Å². The normalized spacial score (nSPS) is 17.2. The van der Waals surface area contributed by atoms with Gasteiger partial charge in [0.1, 0.15) is 5.69 Å².